The number of ether oxygens (including phenoxy) is 4. The Hall–Kier alpha value is -1.94. The van der Waals surface area contributed by atoms with Crippen molar-refractivity contribution in [1.82, 2.24) is 0 Å². The van der Waals surface area contributed by atoms with Gasteiger partial charge in [0, 0.05) is 25.7 Å². The van der Waals surface area contributed by atoms with Crippen LogP contribution in [0.2, 0.25) is 0 Å². The molecule has 0 spiro atoms. The second kappa shape index (κ2) is 75.5. The van der Waals surface area contributed by atoms with Gasteiger partial charge in [-0.1, -0.05) is 395 Å². The zero-order valence-corrected chi connectivity index (χ0v) is 69.4. The van der Waals surface area contributed by atoms with Gasteiger partial charge in [0.15, 0.2) is 12.2 Å². The second-order valence-electron chi connectivity index (χ2n) is 30.7. The molecule has 0 amide bonds. The minimum Gasteiger partial charge on any atom is -0.462 e. The van der Waals surface area contributed by atoms with Crippen LogP contribution in [0.15, 0.2) is 0 Å². The Morgan fingerprint density at radius 1 is 0.272 bits per heavy atom. The molecule has 103 heavy (non-hydrogen) atoms. The molecule has 7 atom stereocenters. The number of carbonyl (C=O) groups is 4. The zero-order valence-electron chi connectivity index (χ0n) is 67.6. The van der Waals surface area contributed by atoms with Gasteiger partial charge in [0.1, 0.15) is 19.3 Å². The largest absolute Gasteiger partial charge is 0.472 e. The number of aliphatic hydroxyl groups is 1. The van der Waals surface area contributed by atoms with Crippen LogP contribution in [0.1, 0.15) is 446 Å². The maximum absolute atomic E-state index is 13.1. The highest BCUT2D eigenvalue weighted by atomic mass is 31.2. The number of hydrogen-bond acceptors (Lipinski definition) is 15. The third-order valence-corrected chi connectivity index (χ3v) is 22.3. The summed E-state index contributed by atoms with van der Waals surface area (Å²) in [6.45, 7) is 9.67. The first-order valence-electron chi connectivity index (χ1n) is 43.6. The molecule has 0 saturated heterocycles. The first kappa shape index (κ1) is 101. The van der Waals surface area contributed by atoms with E-state index < -0.39 is 97.5 Å². The third-order valence-electron chi connectivity index (χ3n) is 20.4. The molecule has 0 aromatic carbocycles. The lowest BCUT2D eigenvalue weighted by atomic mass is 9.99. The summed E-state index contributed by atoms with van der Waals surface area (Å²) in [7, 11) is -9.92. The average Bonchev–Trinajstić information content (AvgIpc) is 0.914. The van der Waals surface area contributed by atoms with Crippen LogP contribution in [0, 0.1) is 11.8 Å². The van der Waals surface area contributed by atoms with Crippen molar-refractivity contribution in [1.29, 1.82) is 0 Å². The van der Waals surface area contributed by atoms with Crippen molar-refractivity contribution in [3.63, 3.8) is 0 Å². The zero-order chi connectivity index (χ0) is 75.6. The molecule has 0 bridgehead atoms. The Labute approximate surface area is 632 Å². The van der Waals surface area contributed by atoms with Crippen LogP contribution in [-0.2, 0) is 65.4 Å². The molecule has 0 saturated carbocycles. The fourth-order valence-electron chi connectivity index (χ4n) is 13.0. The van der Waals surface area contributed by atoms with E-state index >= 15 is 0 Å². The van der Waals surface area contributed by atoms with Crippen LogP contribution < -0.4 is 0 Å². The first-order valence-corrected chi connectivity index (χ1v) is 46.6. The molecule has 0 aliphatic carbocycles. The van der Waals surface area contributed by atoms with Gasteiger partial charge in [-0.2, -0.15) is 0 Å². The second-order valence-corrected chi connectivity index (χ2v) is 33.6. The van der Waals surface area contributed by atoms with E-state index in [0.717, 1.165) is 108 Å². The Kier molecular flexibility index (Phi) is 74.1. The molecule has 0 heterocycles. The summed E-state index contributed by atoms with van der Waals surface area (Å²) in [5.74, 6) is -0.525. The molecule has 0 aromatic rings. The molecule has 19 heteroatoms. The summed E-state index contributed by atoms with van der Waals surface area (Å²) in [6.07, 6.45) is 66.7. The van der Waals surface area contributed by atoms with Crippen molar-refractivity contribution in [2.45, 2.75) is 464 Å². The number of carbonyl (C=O) groups excluding carboxylic acids is 4. The molecule has 0 aromatic heterocycles. The average molecular weight is 1510 g/mol. The number of phosphoric acid groups is 2. The van der Waals surface area contributed by atoms with Gasteiger partial charge in [-0.15, -0.1) is 0 Å². The van der Waals surface area contributed by atoms with Crippen LogP contribution >= 0.6 is 15.6 Å². The number of hydrogen-bond donors (Lipinski definition) is 3. The summed E-state index contributed by atoms with van der Waals surface area (Å²) in [6, 6.07) is 0. The predicted octanol–water partition coefficient (Wildman–Crippen LogP) is 25.5. The molecule has 0 aliphatic rings. The van der Waals surface area contributed by atoms with E-state index in [0.29, 0.717) is 25.7 Å². The first-order chi connectivity index (χ1) is 49.9. The van der Waals surface area contributed by atoms with E-state index in [1.165, 1.54) is 257 Å². The van der Waals surface area contributed by atoms with E-state index in [9.17, 15) is 43.2 Å². The molecular weight excluding hydrogens is 1340 g/mol. The van der Waals surface area contributed by atoms with Crippen LogP contribution in [0.5, 0.6) is 0 Å². The van der Waals surface area contributed by atoms with Crippen LogP contribution in [0.4, 0.5) is 0 Å². The minimum atomic E-state index is -4.96. The summed E-state index contributed by atoms with van der Waals surface area (Å²) in [5.41, 5.74) is 0. The lowest BCUT2D eigenvalue weighted by Crippen LogP contribution is -2.30. The topological polar surface area (TPSA) is 237 Å². The van der Waals surface area contributed by atoms with Gasteiger partial charge in [0.2, 0.25) is 0 Å². The van der Waals surface area contributed by atoms with Gasteiger partial charge in [0.25, 0.3) is 0 Å². The van der Waals surface area contributed by atoms with Gasteiger partial charge in [0.05, 0.1) is 26.4 Å². The van der Waals surface area contributed by atoms with Gasteiger partial charge >= 0.3 is 39.5 Å². The maximum Gasteiger partial charge on any atom is 0.472 e. The Balaban J connectivity index is 5.22. The standard InChI is InChI=1S/C84H164O17P2/c1-7-11-13-15-17-19-21-23-24-25-26-27-28-29-30-31-37-41-45-49-57-63-69-83(88)100-79(72-94-81(86)66-60-54-47-43-39-36-33-32-35-38-42-46-52-58-64-76(5)9-3)74-98-102(90,91)96-70-78(85)71-97-103(92,93)99-75-80(73-95-82(87)67-61-55-51-50-53-59-65-77(6)10-4)101-84(89)68-62-56-48-44-40-34-22-20-18-16-14-12-8-2/h76-80,85H,7-75H2,1-6H3,(H,90,91)(H,92,93)/t76?,77?,78-,79-,80-/m1/s1. The van der Waals surface area contributed by atoms with Gasteiger partial charge in [-0.05, 0) is 37.5 Å². The quantitative estimate of drug-likeness (QED) is 0.0222. The van der Waals surface area contributed by atoms with Crippen LogP contribution in [0.3, 0.4) is 0 Å². The number of aliphatic hydroxyl groups excluding tert-OH is 1. The fraction of sp³-hybridized carbons (Fsp3) is 0.952. The van der Waals surface area contributed by atoms with E-state index in [-0.39, 0.29) is 25.7 Å². The monoisotopic (exact) mass is 1510 g/mol. The maximum atomic E-state index is 13.1. The van der Waals surface area contributed by atoms with Crippen molar-refractivity contribution >= 4 is 39.5 Å². The summed E-state index contributed by atoms with van der Waals surface area (Å²) < 4.78 is 68.8. The van der Waals surface area contributed by atoms with Crippen molar-refractivity contribution in [3.8, 4) is 0 Å². The molecule has 0 radical (unpaired) electrons. The molecule has 17 nitrogen and oxygen atoms in total. The molecular formula is C84H164O17P2. The van der Waals surface area contributed by atoms with Crippen molar-refractivity contribution in [2.24, 2.45) is 11.8 Å². The number of unbranched alkanes of at least 4 members (excludes halogenated alkanes) is 51. The Morgan fingerprint density at radius 3 is 0.689 bits per heavy atom. The lowest BCUT2D eigenvalue weighted by Gasteiger charge is -2.21. The Morgan fingerprint density at radius 2 is 0.466 bits per heavy atom. The van der Waals surface area contributed by atoms with E-state index in [2.05, 4.69) is 41.5 Å². The van der Waals surface area contributed by atoms with Crippen molar-refractivity contribution in [3.05, 3.63) is 0 Å². The highest BCUT2D eigenvalue weighted by Gasteiger charge is 2.30. The normalized spacial score (nSPS) is 14.4. The fourth-order valence-corrected chi connectivity index (χ4v) is 14.6. The molecule has 0 aliphatic heterocycles. The molecule has 4 unspecified atom stereocenters. The smallest absolute Gasteiger partial charge is 0.462 e. The molecule has 3 N–H and O–H groups in total. The Bertz CT molecular complexity index is 1980. The van der Waals surface area contributed by atoms with E-state index in [1.807, 2.05) is 0 Å². The number of phosphoric ester groups is 2. The highest BCUT2D eigenvalue weighted by Crippen LogP contribution is 2.45. The van der Waals surface area contributed by atoms with E-state index in [1.54, 1.807) is 0 Å². The van der Waals surface area contributed by atoms with Crippen LogP contribution in [0.25, 0.3) is 0 Å². The molecule has 0 rings (SSSR count). The van der Waals surface area contributed by atoms with Crippen LogP contribution in [-0.4, -0.2) is 96.7 Å². The SMILES string of the molecule is CCCCCCCCCCCCCCCCCCCCCCCCC(=O)O[C@H](COC(=O)CCCCCCCCCCCCCCCCC(C)CC)COP(=O)(O)OC[C@@H](O)COP(=O)(O)OC[C@@H](COC(=O)CCCCCCCCC(C)CC)OC(=O)CCCCCCCCCCCCCCC. The lowest BCUT2D eigenvalue weighted by molar-refractivity contribution is -0.161. The van der Waals surface area contributed by atoms with Crippen molar-refractivity contribution < 1.29 is 80.2 Å². The van der Waals surface area contributed by atoms with Gasteiger partial charge in [-0.25, -0.2) is 9.13 Å². The molecule has 612 valence electrons. The highest BCUT2D eigenvalue weighted by molar-refractivity contribution is 7.47. The predicted molar refractivity (Wildman–Crippen MR) is 423 cm³/mol. The third kappa shape index (κ3) is 75.3. The number of esters is 4. The summed E-state index contributed by atoms with van der Waals surface area (Å²) >= 11 is 0. The van der Waals surface area contributed by atoms with Gasteiger partial charge < -0.3 is 33.8 Å². The number of rotatable bonds is 83. The molecule has 0 fully saturated rings. The summed E-state index contributed by atoms with van der Waals surface area (Å²) in [5, 5.41) is 10.7. The van der Waals surface area contributed by atoms with Gasteiger partial charge in [-0.3, -0.25) is 37.3 Å². The van der Waals surface area contributed by atoms with Crippen molar-refractivity contribution in [2.75, 3.05) is 39.6 Å². The summed E-state index contributed by atoms with van der Waals surface area (Å²) in [4.78, 5) is 73.1. The minimum absolute atomic E-state index is 0.107. The van der Waals surface area contributed by atoms with E-state index in [4.69, 9.17) is 37.0 Å².